The summed E-state index contributed by atoms with van der Waals surface area (Å²) in [6, 6.07) is 20.6. The lowest BCUT2D eigenvalue weighted by molar-refractivity contribution is 0.136. The molecule has 0 amide bonds. The zero-order valence-electron chi connectivity index (χ0n) is 15.0. The fourth-order valence-corrected chi connectivity index (χ4v) is 3.00. The topological polar surface area (TPSA) is 18.5 Å². The molecule has 0 aliphatic heterocycles. The number of hydrogen-bond acceptors (Lipinski definition) is 2. The molecule has 2 heteroatoms. The van der Waals surface area contributed by atoms with E-state index in [1.807, 2.05) is 36.4 Å². The molecule has 0 radical (unpaired) electrons. The van der Waals surface area contributed by atoms with Crippen LogP contribution in [0.15, 0.2) is 84.3 Å². The van der Waals surface area contributed by atoms with Gasteiger partial charge < -0.3 is 9.47 Å². The zero-order valence-corrected chi connectivity index (χ0v) is 15.0. The largest absolute Gasteiger partial charge is 0.493 e. The molecule has 0 N–H and O–H groups in total. The van der Waals surface area contributed by atoms with Gasteiger partial charge in [0.05, 0.1) is 0 Å². The molecule has 0 aromatic heterocycles. The van der Waals surface area contributed by atoms with Crippen LogP contribution < -0.4 is 0 Å². The van der Waals surface area contributed by atoms with Gasteiger partial charge in [0, 0.05) is 12.0 Å². The first-order chi connectivity index (χ1) is 12.2. The number of hydrogen-bond donors (Lipinski definition) is 0. The minimum atomic E-state index is 0.410. The summed E-state index contributed by atoms with van der Waals surface area (Å²) in [7, 11) is 0. The standard InChI is InChI=1S/C23H26O2/c1-18(2)22-14-13-21(24-16-19-9-5-3-6-10-19)15-23(22)25-17-20-11-7-4-8-12-20/h3-13,15,18,22H,14,16-17H2,1-2H3. The van der Waals surface area contributed by atoms with Crippen LogP contribution in [-0.4, -0.2) is 0 Å². The number of benzene rings is 2. The van der Waals surface area contributed by atoms with E-state index in [0.717, 1.165) is 17.9 Å². The van der Waals surface area contributed by atoms with Crippen molar-refractivity contribution in [2.75, 3.05) is 0 Å². The summed E-state index contributed by atoms with van der Waals surface area (Å²) in [5, 5.41) is 0. The number of allylic oxidation sites excluding steroid dienone is 3. The lowest BCUT2D eigenvalue weighted by Gasteiger charge is -2.27. The first kappa shape index (κ1) is 17.3. The van der Waals surface area contributed by atoms with Crippen LogP contribution in [0.25, 0.3) is 0 Å². The Kier molecular flexibility index (Phi) is 5.95. The van der Waals surface area contributed by atoms with E-state index in [1.165, 1.54) is 11.1 Å². The van der Waals surface area contributed by atoms with Gasteiger partial charge >= 0.3 is 0 Å². The van der Waals surface area contributed by atoms with Gasteiger partial charge in [-0.25, -0.2) is 0 Å². The fraction of sp³-hybridized carbons (Fsp3) is 0.304. The highest BCUT2D eigenvalue weighted by Crippen LogP contribution is 2.32. The van der Waals surface area contributed by atoms with Crippen molar-refractivity contribution >= 4 is 0 Å². The third-order valence-corrected chi connectivity index (χ3v) is 4.52. The maximum Gasteiger partial charge on any atom is 0.119 e. The van der Waals surface area contributed by atoms with Crippen LogP contribution in [0.4, 0.5) is 0 Å². The van der Waals surface area contributed by atoms with Crippen molar-refractivity contribution < 1.29 is 9.47 Å². The first-order valence-corrected chi connectivity index (χ1v) is 8.97. The molecule has 0 saturated heterocycles. The summed E-state index contributed by atoms with van der Waals surface area (Å²) < 4.78 is 12.1. The van der Waals surface area contributed by atoms with Crippen LogP contribution >= 0.6 is 0 Å². The molecule has 0 fully saturated rings. The molecule has 130 valence electrons. The average Bonchev–Trinajstić information content (AvgIpc) is 2.66. The van der Waals surface area contributed by atoms with Crippen molar-refractivity contribution in [2.45, 2.75) is 33.5 Å². The maximum atomic E-state index is 6.17. The zero-order chi connectivity index (χ0) is 17.5. The van der Waals surface area contributed by atoms with Gasteiger partial charge in [-0.05, 0) is 29.5 Å². The van der Waals surface area contributed by atoms with E-state index >= 15 is 0 Å². The molecule has 2 aromatic carbocycles. The average molecular weight is 334 g/mol. The van der Waals surface area contributed by atoms with Crippen LogP contribution in [-0.2, 0) is 22.7 Å². The molecule has 2 aromatic rings. The predicted octanol–water partition coefficient (Wildman–Crippen LogP) is 5.86. The lowest BCUT2D eigenvalue weighted by Crippen LogP contribution is -2.17. The molecule has 0 heterocycles. The Balaban J connectivity index is 1.65. The van der Waals surface area contributed by atoms with Gasteiger partial charge in [-0.3, -0.25) is 0 Å². The molecule has 0 bridgehead atoms. The van der Waals surface area contributed by atoms with Gasteiger partial charge in [0.25, 0.3) is 0 Å². The smallest absolute Gasteiger partial charge is 0.119 e. The third-order valence-electron chi connectivity index (χ3n) is 4.52. The van der Waals surface area contributed by atoms with Crippen LogP contribution in [0.5, 0.6) is 0 Å². The second-order valence-electron chi connectivity index (χ2n) is 6.79. The highest BCUT2D eigenvalue weighted by Gasteiger charge is 2.23. The molecular weight excluding hydrogens is 308 g/mol. The van der Waals surface area contributed by atoms with E-state index in [-0.39, 0.29) is 0 Å². The summed E-state index contributed by atoms with van der Waals surface area (Å²) in [6.07, 6.45) is 5.21. The van der Waals surface area contributed by atoms with Gasteiger partial charge in [-0.15, -0.1) is 0 Å². The summed E-state index contributed by atoms with van der Waals surface area (Å²) >= 11 is 0. The second-order valence-corrected chi connectivity index (χ2v) is 6.79. The SMILES string of the molecule is CC(C)C1CC=C(OCc2ccccc2)C=C1OCc1ccccc1. The van der Waals surface area contributed by atoms with E-state index in [1.54, 1.807) is 0 Å². The Morgan fingerprint density at radius 1 is 0.840 bits per heavy atom. The normalized spacial score (nSPS) is 17.0. The Morgan fingerprint density at radius 2 is 1.40 bits per heavy atom. The van der Waals surface area contributed by atoms with Crippen molar-refractivity contribution in [3.05, 3.63) is 95.5 Å². The molecule has 0 spiro atoms. The summed E-state index contributed by atoms with van der Waals surface area (Å²) in [4.78, 5) is 0. The van der Waals surface area contributed by atoms with Crippen molar-refractivity contribution in [1.29, 1.82) is 0 Å². The molecule has 1 atom stereocenters. The van der Waals surface area contributed by atoms with Crippen LogP contribution in [0.3, 0.4) is 0 Å². The Bertz CT molecular complexity index is 714. The second kappa shape index (κ2) is 8.57. The maximum absolute atomic E-state index is 6.17. The minimum absolute atomic E-state index is 0.410. The quantitative estimate of drug-likeness (QED) is 0.631. The van der Waals surface area contributed by atoms with Gasteiger partial charge in [0.2, 0.25) is 0 Å². The van der Waals surface area contributed by atoms with Crippen LogP contribution in [0.1, 0.15) is 31.4 Å². The van der Waals surface area contributed by atoms with E-state index in [9.17, 15) is 0 Å². The highest BCUT2D eigenvalue weighted by atomic mass is 16.5. The number of ether oxygens (including phenoxy) is 2. The van der Waals surface area contributed by atoms with E-state index in [2.05, 4.69) is 50.3 Å². The third kappa shape index (κ3) is 4.99. The fourth-order valence-electron chi connectivity index (χ4n) is 3.00. The van der Waals surface area contributed by atoms with Gasteiger partial charge in [0.1, 0.15) is 24.7 Å². The molecule has 2 nitrogen and oxygen atoms in total. The Labute approximate surface area is 150 Å². The van der Waals surface area contributed by atoms with Crippen LogP contribution in [0, 0.1) is 11.8 Å². The first-order valence-electron chi connectivity index (χ1n) is 8.97. The molecule has 1 aliphatic carbocycles. The van der Waals surface area contributed by atoms with Crippen molar-refractivity contribution in [3.8, 4) is 0 Å². The monoisotopic (exact) mass is 334 g/mol. The minimum Gasteiger partial charge on any atom is -0.493 e. The van der Waals surface area contributed by atoms with Crippen molar-refractivity contribution in [3.63, 3.8) is 0 Å². The predicted molar refractivity (Wildman–Crippen MR) is 102 cm³/mol. The van der Waals surface area contributed by atoms with Crippen molar-refractivity contribution in [1.82, 2.24) is 0 Å². The van der Waals surface area contributed by atoms with Crippen molar-refractivity contribution in [2.24, 2.45) is 11.8 Å². The summed E-state index contributed by atoms with van der Waals surface area (Å²) in [6.45, 7) is 5.67. The van der Waals surface area contributed by atoms with E-state index < -0.39 is 0 Å². The highest BCUT2D eigenvalue weighted by molar-refractivity contribution is 5.24. The Morgan fingerprint density at radius 3 is 1.96 bits per heavy atom. The van der Waals surface area contributed by atoms with Crippen LogP contribution in [0.2, 0.25) is 0 Å². The van der Waals surface area contributed by atoms with Gasteiger partial charge in [-0.1, -0.05) is 74.5 Å². The van der Waals surface area contributed by atoms with Gasteiger partial charge in [-0.2, -0.15) is 0 Å². The molecule has 1 unspecified atom stereocenters. The number of rotatable bonds is 7. The van der Waals surface area contributed by atoms with Gasteiger partial charge in [0.15, 0.2) is 0 Å². The van der Waals surface area contributed by atoms with E-state index in [0.29, 0.717) is 25.0 Å². The summed E-state index contributed by atoms with van der Waals surface area (Å²) in [5.74, 6) is 2.88. The lowest BCUT2D eigenvalue weighted by atomic mass is 9.87. The molecule has 0 saturated carbocycles. The summed E-state index contributed by atoms with van der Waals surface area (Å²) in [5.41, 5.74) is 2.36. The molecule has 3 rings (SSSR count). The Hall–Kier alpha value is -2.48. The molecular formula is C23H26O2. The molecule has 25 heavy (non-hydrogen) atoms. The molecule has 1 aliphatic rings. The van der Waals surface area contributed by atoms with E-state index in [4.69, 9.17) is 9.47 Å².